The number of hydrogen-bond acceptors (Lipinski definition) is 4. The van der Waals surface area contributed by atoms with Gasteiger partial charge < -0.3 is 20.3 Å². The molecular formula is C35H42ClN3O4. The molecule has 1 aliphatic carbocycles. The van der Waals surface area contributed by atoms with Gasteiger partial charge in [0.2, 0.25) is 17.7 Å². The second kappa shape index (κ2) is 11.7. The highest BCUT2D eigenvalue weighted by Gasteiger charge is 2.73. The molecule has 228 valence electrons. The number of carbonyl (C=O) groups excluding carboxylic acids is 3. The minimum atomic E-state index is -1.19. The smallest absolute Gasteiger partial charge is 0.246 e. The molecule has 2 bridgehead atoms. The van der Waals surface area contributed by atoms with Crippen molar-refractivity contribution in [2.75, 3.05) is 5.32 Å². The minimum Gasteiger partial charge on any atom is -0.359 e. The van der Waals surface area contributed by atoms with E-state index in [4.69, 9.17) is 16.3 Å². The Bertz CT molecular complexity index is 1430. The van der Waals surface area contributed by atoms with Gasteiger partial charge in [-0.25, -0.2) is 0 Å². The molecule has 0 aromatic heterocycles. The molecule has 2 aromatic carbocycles. The molecule has 4 aliphatic rings. The number of benzene rings is 2. The van der Waals surface area contributed by atoms with Crippen LogP contribution in [0.15, 0.2) is 60.7 Å². The quantitative estimate of drug-likeness (QED) is 0.379. The standard InChI is InChI=1S/C35H42ClN3O4/c1-20-9-8-12-27(23(20)4)38-33(41)31-35-18-17-28(43-35)29(32(40)37-25-16-13-21(2)26(36)19-25)30(35)34(42)39(31)22(3)14-15-24-10-6-5-7-11-24/h5-7,10-11,13,16-20,22-23,27-31H,8-9,12,14-15H2,1-4H3,(H,37,40)(H,38,41)/t20-,22+,23-,27+,28-,29+,30-,31-,35-/m0/s1. The van der Waals surface area contributed by atoms with Crippen LogP contribution < -0.4 is 10.6 Å². The van der Waals surface area contributed by atoms with Crippen LogP contribution in [0, 0.1) is 30.6 Å². The van der Waals surface area contributed by atoms with Crippen molar-refractivity contribution in [2.45, 2.75) is 89.6 Å². The van der Waals surface area contributed by atoms with Gasteiger partial charge >= 0.3 is 0 Å². The van der Waals surface area contributed by atoms with E-state index in [1.165, 1.54) is 5.56 Å². The molecule has 1 saturated carbocycles. The number of ether oxygens (including phenoxy) is 1. The van der Waals surface area contributed by atoms with Gasteiger partial charge in [-0.15, -0.1) is 0 Å². The summed E-state index contributed by atoms with van der Waals surface area (Å²) in [5.41, 5.74) is 1.46. The van der Waals surface area contributed by atoms with Crippen LogP contribution in [0.2, 0.25) is 5.02 Å². The fourth-order valence-electron chi connectivity index (χ4n) is 7.78. The Morgan fingerprint density at radius 1 is 1.12 bits per heavy atom. The van der Waals surface area contributed by atoms with Crippen molar-refractivity contribution >= 4 is 35.0 Å². The predicted octanol–water partition coefficient (Wildman–Crippen LogP) is 5.70. The molecule has 1 spiro atoms. The van der Waals surface area contributed by atoms with Gasteiger partial charge in [0, 0.05) is 22.8 Å². The monoisotopic (exact) mass is 603 g/mol. The number of hydrogen-bond donors (Lipinski definition) is 2. The van der Waals surface area contributed by atoms with Gasteiger partial charge in [0.05, 0.1) is 17.9 Å². The van der Waals surface area contributed by atoms with Gasteiger partial charge in [-0.3, -0.25) is 14.4 Å². The molecule has 8 heteroatoms. The van der Waals surface area contributed by atoms with Crippen LogP contribution >= 0.6 is 11.6 Å². The minimum absolute atomic E-state index is 0.0382. The zero-order chi connectivity index (χ0) is 30.5. The van der Waals surface area contributed by atoms with Crippen molar-refractivity contribution in [3.05, 3.63) is 76.8 Å². The first kappa shape index (κ1) is 29.9. The fourth-order valence-corrected chi connectivity index (χ4v) is 7.96. The Kier molecular flexibility index (Phi) is 8.16. The third-order valence-corrected chi connectivity index (χ3v) is 10.9. The summed E-state index contributed by atoms with van der Waals surface area (Å²) in [5.74, 6) is -1.39. The van der Waals surface area contributed by atoms with Crippen LogP contribution in [0.4, 0.5) is 5.69 Å². The molecular weight excluding hydrogens is 562 g/mol. The molecule has 3 fully saturated rings. The first-order valence-corrected chi connectivity index (χ1v) is 16.1. The first-order chi connectivity index (χ1) is 20.6. The number of nitrogens with zero attached hydrogens (tertiary/aromatic N) is 1. The fraction of sp³-hybridized carbons (Fsp3) is 0.514. The first-order valence-electron chi connectivity index (χ1n) is 15.7. The Labute approximate surface area is 259 Å². The molecule has 3 heterocycles. The highest BCUT2D eigenvalue weighted by Crippen LogP contribution is 2.56. The predicted molar refractivity (Wildman–Crippen MR) is 168 cm³/mol. The molecule has 3 aliphatic heterocycles. The summed E-state index contributed by atoms with van der Waals surface area (Å²) in [5, 5.41) is 6.87. The lowest BCUT2D eigenvalue weighted by atomic mass is 9.73. The van der Waals surface area contributed by atoms with E-state index in [0.29, 0.717) is 29.0 Å². The number of amides is 3. The molecule has 2 N–H and O–H groups in total. The molecule has 6 rings (SSSR count). The Hall–Kier alpha value is -3.16. The highest BCUT2D eigenvalue weighted by molar-refractivity contribution is 6.31. The highest BCUT2D eigenvalue weighted by atomic mass is 35.5. The molecule has 3 amide bonds. The van der Waals surface area contributed by atoms with Crippen LogP contribution in [-0.4, -0.2) is 52.5 Å². The lowest BCUT2D eigenvalue weighted by Crippen LogP contribution is -2.59. The summed E-state index contributed by atoms with van der Waals surface area (Å²) < 4.78 is 6.56. The Morgan fingerprint density at radius 3 is 2.63 bits per heavy atom. The third kappa shape index (κ3) is 5.29. The van der Waals surface area contributed by atoms with Crippen LogP contribution in [0.25, 0.3) is 0 Å². The largest absolute Gasteiger partial charge is 0.359 e. The molecule has 2 saturated heterocycles. The Morgan fingerprint density at radius 2 is 1.88 bits per heavy atom. The van der Waals surface area contributed by atoms with Gasteiger partial charge in [-0.1, -0.05) is 86.8 Å². The Balaban J connectivity index is 1.30. The van der Waals surface area contributed by atoms with Crippen molar-refractivity contribution < 1.29 is 19.1 Å². The SMILES string of the molecule is Cc1ccc(NC(=O)[C@@H]2[C@@H]3C=C[C@]4(O3)[C@@H]2C(=O)N([C@H](C)CCc2ccccc2)[C@H]4C(=O)N[C@@H]2CCC[C@H](C)[C@@H]2C)cc1Cl. The van der Waals surface area contributed by atoms with Gasteiger partial charge in [-0.2, -0.15) is 0 Å². The van der Waals surface area contributed by atoms with E-state index in [2.05, 4.69) is 36.6 Å². The summed E-state index contributed by atoms with van der Waals surface area (Å²) in [4.78, 5) is 44.3. The summed E-state index contributed by atoms with van der Waals surface area (Å²) in [7, 11) is 0. The number of anilines is 1. The molecule has 2 aromatic rings. The van der Waals surface area contributed by atoms with Crippen molar-refractivity contribution in [1.82, 2.24) is 10.2 Å². The molecule has 43 heavy (non-hydrogen) atoms. The van der Waals surface area contributed by atoms with E-state index in [0.717, 1.165) is 31.2 Å². The number of aryl methyl sites for hydroxylation is 2. The maximum atomic E-state index is 14.4. The lowest BCUT2D eigenvalue weighted by molar-refractivity contribution is -0.144. The average Bonchev–Trinajstić information content (AvgIpc) is 3.64. The van der Waals surface area contributed by atoms with Crippen molar-refractivity contribution in [3.8, 4) is 0 Å². The number of rotatable bonds is 8. The van der Waals surface area contributed by atoms with Crippen LogP contribution in [0.3, 0.4) is 0 Å². The summed E-state index contributed by atoms with van der Waals surface area (Å²) in [6.45, 7) is 8.34. The van der Waals surface area contributed by atoms with Crippen molar-refractivity contribution in [3.63, 3.8) is 0 Å². The normalized spacial score (nSPS) is 33.4. The number of carbonyl (C=O) groups is 3. The number of fused-ring (bicyclic) bond motifs is 1. The van der Waals surface area contributed by atoms with Crippen LogP contribution in [0.1, 0.15) is 57.6 Å². The van der Waals surface area contributed by atoms with Crippen LogP contribution in [0.5, 0.6) is 0 Å². The molecule has 0 unspecified atom stereocenters. The maximum Gasteiger partial charge on any atom is 0.246 e. The summed E-state index contributed by atoms with van der Waals surface area (Å²) in [6.07, 6.45) is 7.75. The summed E-state index contributed by atoms with van der Waals surface area (Å²) in [6, 6.07) is 14.5. The van der Waals surface area contributed by atoms with E-state index in [9.17, 15) is 14.4 Å². The zero-order valence-electron chi connectivity index (χ0n) is 25.4. The zero-order valence-corrected chi connectivity index (χ0v) is 26.1. The number of nitrogens with one attached hydrogen (secondary N) is 2. The van der Waals surface area contributed by atoms with Crippen LogP contribution in [-0.2, 0) is 25.5 Å². The van der Waals surface area contributed by atoms with E-state index in [1.54, 1.807) is 17.0 Å². The van der Waals surface area contributed by atoms with E-state index >= 15 is 0 Å². The van der Waals surface area contributed by atoms with Gasteiger partial charge in [0.25, 0.3) is 0 Å². The second-order valence-corrected chi connectivity index (χ2v) is 13.6. The van der Waals surface area contributed by atoms with Crippen molar-refractivity contribution in [2.24, 2.45) is 23.7 Å². The third-order valence-electron chi connectivity index (χ3n) is 10.5. The topological polar surface area (TPSA) is 87.7 Å². The van der Waals surface area contributed by atoms with E-state index in [1.807, 2.05) is 50.3 Å². The lowest BCUT2D eigenvalue weighted by Gasteiger charge is -2.39. The average molecular weight is 604 g/mol. The molecule has 9 atom stereocenters. The number of halogens is 1. The maximum absolute atomic E-state index is 14.4. The van der Waals surface area contributed by atoms with E-state index < -0.39 is 29.6 Å². The molecule has 0 radical (unpaired) electrons. The van der Waals surface area contributed by atoms with Gasteiger partial charge in [-0.05, 0) is 68.2 Å². The molecule has 7 nitrogen and oxygen atoms in total. The van der Waals surface area contributed by atoms with E-state index in [-0.39, 0.29) is 29.8 Å². The van der Waals surface area contributed by atoms with Crippen molar-refractivity contribution in [1.29, 1.82) is 0 Å². The summed E-state index contributed by atoms with van der Waals surface area (Å²) >= 11 is 6.32. The second-order valence-electron chi connectivity index (χ2n) is 13.2. The van der Waals surface area contributed by atoms with Gasteiger partial charge in [0.1, 0.15) is 11.6 Å². The number of likely N-dealkylation sites (tertiary alicyclic amines) is 1. The van der Waals surface area contributed by atoms with Gasteiger partial charge in [0.15, 0.2) is 0 Å².